The third kappa shape index (κ3) is 4.27. The fraction of sp³-hybridized carbons (Fsp3) is 0.625. The number of nitrogens with two attached hydrogens (primary N) is 1. The zero-order valence-corrected chi connectivity index (χ0v) is 7.51. The third-order valence-electron chi connectivity index (χ3n) is 1.81. The van der Waals surface area contributed by atoms with Gasteiger partial charge in [0, 0.05) is 31.3 Å². The molecular formula is C8H12F3N3. The van der Waals surface area contributed by atoms with Crippen molar-refractivity contribution in [3.63, 3.8) is 0 Å². The Labute approximate surface area is 79.5 Å². The lowest BCUT2D eigenvalue weighted by Gasteiger charge is -2.11. The average molecular weight is 207 g/mol. The molecule has 14 heavy (non-hydrogen) atoms. The molecule has 0 aliphatic rings. The summed E-state index contributed by atoms with van der Waals surface area (Å²) < 4.78 is 35.4. The molecule has 0 saturated carbocycles. The fourth-order valence-corrected chi connectivity index (χ4v) is 1.11. The number of aromatic amines is 1. The first kappa shape index (κ1) is 11.0. The van der Waals surface area contributed by atoms with Crippen LogP contribution in [0.25, 0.3) is 0 Å². The van der Waals surface area contributed by atoms with E-state index in [1.807, 2.05) is 0 Å². The van der Waals surface area contributed by atoms with Crippen LogP contribution in [0.4, 0.5) is 13.2 Å². The van der Waals surface area contributed by atoms with E-state index in [2.05, 4.69) is 9.97 Å². The van der Waals surface area contributed by atoms with E-state index in [4.69, 9.17) is 5.73 Å². The normalized spacial score (nSPS) is 14.3. The average Bonchev–Trinajstić information content (AvgIpc) is 2.52. The van der Waals surface area contributed by atoms with Crippen LogP contribution in [0.5, 0.6) is 0 Å². The topological polar surface area (TPSA) is 54.7 Å². The van der Waals surface area contributed by atoms with Crippen molar-refractivity contribution in [1.29, 1.82) is 0 Å². The maximum Gasteiger partial charge on any atom is 0.389 e. The highest BCUT2D eigenvalue weighted by molar-refractivity contribution is 4.90. The van der Waals surface area contributed by atoms with Crippen LogP contribution in [0.2, 0.25) is 0 Å². The molecule has 1 aromatic rings. The maximum atomic E-state index is 11.8. The maximum absolute atomic E-state index is 11.8. The van der Waals surface area contributed by atoms with E-state index in [1.165, 1.54) is 0 Å². The lowest BCUT2D eigenvalue weighted by atomic mass is 10.1. The summed E-state index contributed by atoms with van der Waals surface area (Å²) in [5, 5.41) is 0. The summed E-state index contributed by atoms with van der Waals surface area (Å²) in [6, 6.07) is -0.497. The Morgan fingerprint density at radius 2 is 2.21 bits per heavy atom. The molecule has 3 N–H and O–H groups in total. The number of nitrogens with one attached hydrogen (secondary N) is 1. The highest BCUT2D eigenvalue weighted by atomic mass is 19.4. The van der Waals surface area contributed by atoms with Crippen molar-refractivity contribution < 1.29 is 13.2 Å². The molecule has 0 amide bonds. The first-order valence-electron chi connectivity index (χ1n) is 4.28. The van der Waals surface area contributed by atoms with Crippen LogP contribution in [0.3, 0.4) is 0 Å². The summed E-state index contributed by atoms with van der Waals surface area (Å²) in [5.74, 6) is 0.625. The van der Waals surface area contributed by atoms with Crippen molar-refractivity contribution in [3.8, 4) is 0 Å². The van der Waals surface area contributed by atoms with Crippen LogP contribution >= 0.6 is 0 Å². The smallest absolute Gasteiger partial charge is 0.349 e. The number of aromatic nitrogens is 2. The van der Waals surface area contributed by atoms with Gasteiger partial charge in [0.15, 0.2) is 0 Å². The molecular weight excluding hydrogens is 195 g/mol. The van der Waals surface area contributed by atoms with E-state index in [0.29, 0.717) is 12.2 Å². The highest BCUT2D eigenvalue weighted by Gasteiger charge is 2.27. The molecule has 1 unspecified atom stereocenters. The second-order valence-electron chi connectivity index (χ2n) is 3.15. The highest BCUT2D eigenvalue weighted by Crippen LogP contribution is 2.22. The molecule has 1 aromatic heterocycles. The summed E-state index contributed by atoms with van der Waals surface area (Å²) in [5.41, 5.74) is 5.51. The number of hydrogen-bond acceptors (Lipinski definition) is 2. The first-order valence-corrected chi connectivity index (χ1v) is 4.28. The minimum absolute atomic E-state index is 0.0653. The van der Waals surface area contributed by atoms with Gasteiger partial charge in [-0.2, -0.15) is 13.2 Å². The molecule has 0 spiro atoms. The SMILES string of the molecule is NC(CCC(F)(F)F)Cc1ncc[nH]1. The molecule has 6 heteroatoms. The lowest BCUT2D eigenvalue weighted by molar-refractivity contribution is -0.136. The van der Waals surface area contributed by atoms with Gasteiger partial charge in [-0.3, -0.25) is 0 Å². The molecule has 1 rings (SSSR count). The van der Waals surface area contributed by atoms with Gasteiger partial charge in [-0.15, -0.1) is 0 Å². The fourth-order valence-electron chi connectivity index (χ4n) is 1.11. The summed E-state index contributed by atoms with van der Waals surface area (Å²) in [4.78, 5) is 6.68. The van der Waals surface area contributed by atoms with E-state index >= 15 is 0 Å². The quantitative estimate of drug-likeness (QED) is 0.788. The van der Waals surface area contributed by atoms with Gasteiger partial charge >= 0.3 is 6.18 Å². The summed E-state index contributed by atoms with van der Waals surface area (Å²) >= 11 is 0. The summed E-state index contributed by atoms with van der Waals surface area (Å²) in [7, 11) is 0. The van der Waals surface area contributed by atoms with Crippen LogP contribution in [0.15, 0.2) is 12.4 Å². The Morgan fingerprint density at radius 1 is 1.50 bits per heavy atom. The molecule has 0 radical (unpaired) electrons. The van der Waals surface area contributed by atoms with Gasteiger partial charge in [-0.25, -0.2) is 4.98 Å². The minimum atomic E-state index is -4.12. The van der Waals surface area contributed by atoms with Crippen LogP contribution in [-0.4, -0.2) is 22.2 Å². The van der Waals surface area contributed by atoms with Crippen molar-refractivity contribution in [1.82, 2.24) is 9.97 Å². The Hall–Kier alpha value is -1.04. The third-order valence-corrected chi connectivity index (χ3v) is 1.81. The number of alkyl halides is 3. The number of hydrogen-bond donors (Lipinski definition) is 2. The van der Waals surface area contributed by atoms with Crippen molar-refractivity contribution in [2.24, 2.45) is 5.73 Å². The number of rotatable bonds is 4. The zero-order valence-electron chi connectivity index (χ0n) is 7.51. The second-order valence-corrected chi connectivity index (χ2v) is 3.15. The molecule has 0 bridgehead atoms. The molecule has 1 atom stereocenters. The Balaban J connectivity index is 2.26. The molecule has 0 fully saturated rings. The monoisotopic (exact) mass is 207 g/mol. The van der Waals surface area contributed by atoms with Crippen LogP contribution in [0.1, 0.15) is 18.7 Å². The Morgan fingerprint density at radius 3 is 2.71 bits per heavy atom. The van der Waals surface area contributed by atoms with E-state index in [1.54, 1.807) is 12.4 Å². The summed E-state index contributed by atoms with van der Waals surface area (Å²) in [6.07, 6.45) is -1.51. The number of imidazole rings is 1. The van der Waals surface area contributed by atoms with Gasteiger partial charge in [0.1, 0.15) is 5.82 Å². The van der Waals surface area contributed by atoms with Crippen molar-refractivity contribution in [2.45, 2.75) is 31.5 Å². The molecule has 3 nitrogen and oxygen atoms in total. The first-order chi connectivity index (χ1) is 6.47. The number of halogens is 3. The van der Waals surface area contributed by atoms with E-state index in [0.717, 1.165) is 0 Å². The number of H-pyrrole nitrogens is 1. The zero-order chi connectivity index (χ0) is 10.6. The van der Waals surface area contributed by atoms with Crippen molar-refractivity contribution in [3.05, 3.63) is 18.2 Å². The second kappa shape index (κ2) is 4.45. The van der Waals surface area contributed by atoms with Crippen LogP contribution in [0, 0.1) is 0 Å². The molecule has 80 valence electrons. The molecule has 1 heterocycles. The van der Waals surface area contributed by atoms with E-state index in [-0.39, 0.29) is 6.42 Å². The Bertz CT molecular complexity index is 255. The lowest BCUT2D eigenvalue weighted by Crippen LogP contribution is -2.25. The van der Waals surface area contributed by atoms with Gasteiger partial charge in [0.25, 0.3) is 0 Å². The largest absolute Gasteiger partial charge is 0.389 e. The van der Waals surface area contributed by atoms with Crippen molar-refractivity contribution in [2.75, 3.05) is 0 Å². The van der Waals surface area contributed by atoms with Gasteiger partial charge in [-0.05, 0) is 6.42 Å². The summed E-state index contributed by atoms with van der Waals surface area (Å²) in [6.45, 7) is 0. The van der Waals surface area contributed by atoms with Crippen LogP contribution < -0.4 is 5.73 Å². The van der Waals surface area contributed by atoms with E-state index < -0.39 is 18.6 Å². The standard InChI is InChI=1S/C8H12F3N3/c9-8(10,11)2-1-6(12)5-7-13-3-4-14-7/h3-4,6H,1-2,5,12H2,(H,13,14). The molecule has 0 aliphatic carbocycles. The molecule has 0 aromatic carbocycles. The Kier molecular flexibility index (Phi) is 3.51. The minimum Gasteiger partial charge on any atom is -0.349 e. The molecule has 0 saturated heterocycles. The predicted molar refractivity (Wildman–Crippen MR) is 45.6 cm³/mol. The number of nitrogens with zero attached hydrogens (tertiary/aromatic N) is 1. The van der Waals surface area contributed by atoms with E-state index in [9.17, 15) is 13.2 Å². The van der Waals surface area contributed by atoms with Gasteiger partial charge in [0.05, 0.1) is 0 Å². The van der Waals surface area contributed by atoms with Gasteiger partial charge in [-0.1, -0.05) is 0 Å². The molecule has 0 aliphatic heterocycles. The van der Waals surface area contributed by atoms with Crippen LogP contribution in [-0.2, 0) is 6.42 Å². The van der Waals surface area contributed by atoms with Gasteiger partial charge in [0.2, 0.25) is 0 Å². The predicted octanol–water partition coefficient (Wildman–Crippen LogP) is 1.62. The van der Waals surface area contributed by atoms with Crippen molar-refractivity contribution >= 4 is 0 Å². The van der Waals surface area contributed by atoms with Gasteiger partial charge < -0.3 is 10.7 Å².